The Balaban J connectivity index is 3.19. The Morgan fingerprint density at radius 1 is 1.05 bits per heavy atom. The molecule has 0 aromatic carbocycles. The number of hydrogen-bond donors (Lipinski definition) is 0. The summed E-state index contributed by atoms with van der Waals surface area (Å²) in [7, 11) is 1.56. The highest BCUT2D eigenvalue weighted by atomic mass is 28.4. The van der Waals surface area contributed by atoms with Crippen LogP contribution < -0.4 is 0 Å². The molecule has 3 heteroatoms. The number of rotatable bonds is 9. The van der Waals surface area contributed by atoms with Gasteiger partial charge in [-0.05, 0) is 24.2 Å². The van der Waals surface area contributed by atoms with Gasteiger partial charge in [0.1, 0.15) is 0 Å². The summed E-state index contributed by atoms with van der Waals surface area (Å²) in [5.41, 5.74) is 0.645. The first-order valence-electron chi connectivity index (χ1n) is 9.46. The molecule has 0 aromatic heterocycles. The molecule has 1 aliphatic rings. The van der Waals surface area contributed by atoms with E-state index in [9.17, 15) is 0 Å². The van der Waals surface area contributed by atoms with Gasteiger partial charge in [0.05, 0.1) is 0 Å². The van der Waals surface area contributed by atoms with Crippen LogP contribution in [0.4, 0.5) is 0 Å². The van der Waals surface area contributed by atoms with Crippen LogP contribution in [0.5, 0.6) is 0 Å². The third-order valence-corrected chi connectivity index (χ3v) is 12.1. The molecule has 0 saturated heterocycles. The predicted molar refractivity (Wildman–Crippen MR) is 98.4 cm³/mol. The first-order valence-corrected chi connectivity index (χ1v) is 11.4. The van der Waals surface area contributed by atoms with Crippen LogP contribution in [0.25, 0.3) is 0 Å². The first-order chi connectivity index (χ1) is 10.4. The zero-order valence-corrected chi connectivity index (χ0v) is 17.4. The normalized spacial score (nSPS) is 28.1. The molecule has 0 aliphatic heterocycles. The largest absolute Gasteiger partial charge is 0.397 e. The molecule has 132 valence electrons. The second kappa shape index (κ2) is 8.30. The third kappa shape index (κ3) is 3.32. The van der Waals surface area contributed by atoms with E-state index in [1.807, 2.05) is 14.2 Å². The molecule has 0 aromatic rings. The highest BCUT2D eigenvalue weighted by Gasteiger charge is 2.61. The van der Waals surface area contributed by atoms with Crippen molar-refractivity contribution in [3.63, 3.8) is 0 Å². The highest BCUT2D eigenvalue weighted by Crippen LogP contribution is 2.59. The fraction of sp³-hybridized carbons (Fsp3) is 1.00. The lowest BCUT2D eigenvalue weighted by Gasteiger charge is -2.50. The van der Waals surface area contributed by atoms with Gasteiger partial charge in [-0.3, -0.25) is 0 Å². The van der Waals surface area contributed by atoms with Gasteiger partial charge >= 0.3 is 8.56 Å². The van der Waals surface area contributed by atoms with Crippen LogP contribution in [0.2, 0.25) is 10.6 Å². The van der Waals surface area contributed by atoms with E-state index in [2.05, 4.69) is 41.5 Å². The molecule has 0 bridgehead atoms. The molecular formula is C19H40O2Si. The van der Waals surface area contributed by atoms with Crippen LogP contribution in [0.3, 0.4) is 0 Å². The molecule has 1 saturated carbocycles. The smallest absolute Gasteiger partial charge is 0.347 e. The Morgan fingerprint density at radius 3 is 2.05 bits per heavy atom. The van der Waals surface area contributed by atoms with Gasteiger partial charge in [-0.2, -0.15) is 0 Å². The van der Waals surface area contributed by atoms with E-state index in [-0.39, 0.29) is 5.04 Å². The fourth-order valence-electron chi connectivity index (χ4n) is 5.27. The van der Waals surface area contributed by atoms with Crippen LogP contribution >= 0.6 is 0 Å². The molecule has 4 atom stereocenters. The van der Waals surface area contributed by atoms with Gasteiger partial charge in [0.15, 0.2) is 0 Å². The van der Waals surface area contributed by atoms with Gasteiger partial charge < -0.3 is 8.85 Å². The molecule has 2 nitrogen and oxygen atoms in total. The Hall–Kier alpha value is 0.137. The van der Waals surface area contributed by atoms with Gasteiger partial charge in [0.2, 0.25) is 0 Å². The van der Waals surface area contributed by atoms with Crippen molar-refractivity contribution in [2.75, 3.05) is 14.2 Å². The van der Waals surface area contributed by atoms with E-state index in [1.54, 1.807) is 0 Å². The van der Waals surface area contributed by atoms with Crippen molar-refractivity contribution >= 4 is 8.56 Å². The van der Waals surface area contributed by atoms with Crippen LogP contribution in [0.15, 0.2) is 0 Å². The van der Waals surface area contributed by atoms with Crippen molar-refractivity contribution in [2.24, 2.45) is 17.8 Å². The minimum Gasteiger partial charge on any atom is -0.397 e. The lowest BCUT2D eigenvalue weighted by Crippen LogP contribution is -2.57. The van der Waals surface area contributed by atoms with Gasteiger partial charge in [-0.25, -0.2) is 0 Å². The van der Waals surface area contributed by atoms with Crippen molar-refractivity contribution in [3.05, 3.63) is 0 Å². The molecule has 0 spiro atoms. The summed E-state index contributed by atoms with van der Waals surface area (Å²) < 4.78 is 12.7. The molecule has 1 rings (SSSR count). The zero-order chi connectivity index (χ0) is 17.0. The lowest BCUT2D eigenvalue weighted by molar-refractivity contribution is 0.160. The predicted octanol–water partition coefficient (Wildman–Crippen LogP) is 6.15. The monoisotopic (exact) mass is 328 g/mol. The van der Waals surface area contributed by atoms with Crippen molar-refractivity contribution in [1.29, 1.82) is 0 Å². The van der Waals surface area contributed by atoms with Crippen LogP contribution in [0.1, 0.15) is 80.1 Å². The second-order valence-corrected chi connectivity index (χ2v) is 12.1. The number of hydrogen-bond acceptors (Lipinski definition) is 2. The Morgan fingerprint density at radius 2 is 1.64 bits per heavy atom. The SMILES string of the molecule is CCCC(C)C(C)(C)[Si](OC)(OC)C1CCC(CC)C1CC. The molecule has 4 unspecified atom stereocenters. The van der Waals surface area contributed by atoms with Crippen LogP contribution in [-0.2, 0) is 8.85 Å². The van der Waals surface area contributed by atoms with E-state index < -0.39 is 8.56 Å². The topological polar surface area (TPSA) is 18.5 Å². The minimum atomic E-state index is -2.28. The molecule has 0 heterocycles. The zero-order valence-electron chi connectivity index (χ0n) is 16.4. The van der Waals surface area contributed by atoms with Crippen LogP contribution in [0, 0.1) is 17.8 Å². The molecule has 0 N–H and O–H groups in total. The van der Waals surface area contributed by atoms with E-state index in [0.29, 0.717) is 11.5 Å². The maximum absolute atomic E-state index is 6.34. The van der Waals surface area contributed by atoms with E-state index >= 15 is 0 Å². The summed E-state index contributed by atoms with van der Waals surface area (Å²) in [6, 6.07) is 0. The molecule has 22 heavy (non-hydrogen) atoms. The average molecular weight is 329 g/mol. The van der Waals surface area contributed by atoms with Crippen molar-refractivity contribution in [1.82, 2.24) is 0 Å². The molecular weight excluding hydrogens is 288 g/mol. The summed E-state index contributed by atoms with van der Waals surface area (Å²) in [6.07, 6.45) is 7.73. The van der Waals surface area contributed by atoms with Crippen molar-refractivity contribution in [2.45, 2.75) is 90.6 Å². The van der Waals surface area contributed by atoms with E-state index in [1.165, 1.54) is 38.5 Å². The van der Waals surface area contributed by atoms with Crippen LogP contribution in [-0.4, -0.2) is 22.8 Å². The van der Waals surface area contributed by atoms with Gasteiger partial charge in [-0.15, -0.1) is 0 Å². The molecule has 0 amide bonds. The average Bonchev–Trinajstić information content (AvgIpc) is 2.92. The van der Waals surface area contributed by atoms with Gasteiger partial charge in [0, 0.05) is 24.8 Å². The summed E-state index contributed by atoms with van der Waals surface area (Å²) in [4.78, 5) is 0. The van der Waals surface area contributed by atoms with Gasteiger partial charge in [-0.1, -0.05) is 73.6 Å². The third-order valence-electron chi connectivity index (χ3n) is 6.91. The Labute approximate surface area is 140 Å². The Kier molecular flexibility index (Phi) is 7.61. The van der Waals surface area contributed by atoms with Crippen molar-refractivity contribution in [3.8, 4) is 0 Å². The van der Waals surface area contributed by atoms with Crippen molar-refractivity contribution < 1.29 is 8.85 Å². The standard InChI is InChI=1S/C19H40O2Si/c1-9-12-15(4)19(5,6)22(20-7,21-8)18-14-13-16(10-2)17(18)11-3/h15-18H,9-14H2,1-8H3. The maximum Gasteiger partial charge on any atom is 0.347 e. The summed E-state index contributed by atoms with van der Waals surface area (Å²) in [5, 5.41) is 0.146. The Bertz CT molecular complexity index is 325. The summed E-state index contributed by atoms with van der Waals surface area (Å²) in [6.45, 7) is 14.2. The quantitative estimate of drug-likeness (QED) is 0.472. The molecule has 1 aliphatic carbocycles. The van der Waals surface area contributed by atoms with E-state index in [0.717, 1.165) is 11.8 Å². The summed E-state index contributed by atoms with van der Waals surface area (Å²) >= 11 is 0. The molecule has 0 radical (unpaired) electrons. The molecule has 1 fully saturated rings. The first kappa shape index (κ1) is 20.2. The second-order valence-electron chi connectivity index (χ2n) is 7.91. The lowest BCUT2D eigenvalue weighted by atomic mass is 9.91. The van der Waals surface area contributed by atoms with Gasteiger partial charge in [0.25, 0.3) is 0 Å². The highest BCUT2D eigenvalue weighted by molar-refractivity contribution is 6.72. The fourth-order valence-corrected chi connectivity index (χ4v) is 10.5. The van der Waals surface area contributed by atoms with E-state index in [4.69, 9.17) is 8.85 Å². The maximum atomic E-state index is 6.34. The minimum absolute atomic E-state index is 0.146. The summed E-state index contributed by atoms with van der Waals surface area (Å²) in [5.74, 6) is 2.29.